The third-order valence-corrected chi connectivity index (χ3v) is 4.38. The van der Waals surface area contributed by atoms with E-state index in [-0.39, 0.29) is 11.8 Å². The number of nitrogens with zero attached hydrogens (tertiary/aromatic N) is 2. The number of rotatable bonds is 7. The highest BCUT2D eigenvalue weighted by Crippen LogP contribution is 2.27. The molecule has 0 bridgehead atoms. The highest BCUT2D eigenvalue weighted by molar-refractivity contribution is 5.91. The number of hydrogen-bond donors (Lipinski definition) is 1. The topological polar surface area (TPSA) is 84.2 Å². The molecule has 1 aromatic heterocycles. The minimum atomic E-state index is -0.0610. The van der Waals surface area contributed by atoms with Crippen molar-refractivity contribution >= 4 is 11.6 Å². The molecule has 6 heteroatoms. The molecule has 0 aliphatic heterocycles. The first kappa shape index (κ1) is 19.9. The van der Waals surface area contributed by atoms with Gasteiger partial charge in [-0.3, -0.25) is 4.79 Å². The van der Waals surface area contributed by atoms with Gasteiger partial charge in [0.15, 0.2) is 0 Å². The van der Waals surface area contributed by atoms with E-state index in [0.717, 1.165) is 22.6 Å². The number of carbonyl (C=O) groups is 1. The molecule has 0 radical (unpaired) electrons. The summed E-state index contributed by atoms with van der Waals surface area (Å²) in [6.07, 6.45) is 2.59. The molecule has 0 fully saturated rings. The first-order valence-electron chi connectivity index (χ1n) is 9.15. The third kappa shape index (κ3) is 5.33. The Labute approximate surface area is 169 Å². The lowest BCUT2D eigenvalue weighted by Gasteiger charge is -2.11. The molecule has 0 aliphatic carbocycles. The van der Waals surface area contributed by atoms with Crippen molar-refractivity contribution < 1.29 is 14.3 Å². The van der Waals surface area contributed by atoms with E-state index in [2.05, 4.69) is 16.4 Å². The molecular weight excluding hydrogens is 366 g/mol. The van der Waals surface area contributed by atoms with E-state index >= 15 is 0 Å². The highest BCUT2D eigenvalue weighted by Gasteiger charge is 2.09. The molecule has 3 aromatic rings. The maximum Gasteiger partial charge on any atom is 0.237 e. The molecule has 2 aromatic carbocycles. The maximum atomic E-state index is 12.3. The Morgan fingerprint density at radius 1 is 1.14 bits per heavy atom. The molecule has 0 atom stereocenters. The van der Waals surface area contributed by atoms with Crippen LogP contribution in [0.3, 0.4) is 0 Å². The van der Waals surface area contributed by atoms with Crippen LogP contribution in [0.5, 0.6) is 17.4 Å². The number of nitriles is 1. The lowest BCUT2D eigenvalue weighted by Crippen LogP contribution is -2.13. The van der Waals surface area contributed by atoms with E-state index in [4.69, 9.17) is 14.7 Å². The Bertz CT molecular complexity index is 1040. The average molecular weight is 387 g/mol. The van der Waals surface area contributed by atoms with Crippen LogP contribution < -0.4 is 14.8 Å². The van der Waals surface area contributed by atoms with Crippen LogP contribution >= 0.6 is 0 Å². The summed E-state index contributed by atoms with van der Waals surface area (Å²) in [5.74, 6) is 1.54. The van der Waals surface area contributed by atoms with Crippen molar-refractivity contribution in [2.45, 2.75) is 19.8 Å². The number of aryl methyl sites for hydroxylation is 2. The molecular formula is C23H21N3O3. The van der Waals surface area contributed by atoms with Crippen molar-refractivity contribution in [3.63, 3.8) is 0 Å². The Hall–Kier alpha value is -3.85. The lowest BCUT2D eigenvalue weighted by atomic mass is 10.1. The summed E-state index contributed by atoms with van der Waals surface area (Å²) in [5.41, 5.74) is 3.01. The number of aromatic nitrogens is 1. The van der Waals surface area contributed by atoms with Crippen LogP contribution in [-0.2, 0) is 11.2 Å². The van der Waals surface area contributed by atoms with Gasteiger partial charge in [-0.1, -0.05) is 12.1 Å². The second-order valence-corrected chi connectivity index (χ2v) is 6.44. The molecule has 0 unspecified atom stereocenters. The van der Waals surface area contributed by atoms with Crippen LogP contribution in [0.1, 0.15) is 23.1 Å². The van der Waals surface area contributed by atoms with E-state index in [1.165, 1.54) is 0 Å². The summed E-state index contributed by atoms with van der Waals surface area (Å²) >= 11 is 0. The zero-order chi connectivity index (χ0) is 20.6. The molecule has 146 valence electrons. The predicted octanol–water partition coefficient (Wildman–Crippen LogP) is 4.63. The largest absolute Gasteiger partial charge is 0.497 e. The Morgan fingerprint density at radius 3 is 2.59 bits per heavy atom. The smallest absolute Gasteiger partial charge is 0.237 e. The standard InChI is InChI=1S/C23H21N3O3/c1-16-14-20(29-23-18(15-24)4-3-13-25-23)10-11-21(16)26-22(27)12-7-17-5-8-19(28-2)9-6-17/h3-6,8-11,13-14H,7,12H2,1-2H3,(H,26,27). The van der Waals surface area contributed by atoms with Crippen molar-refractivity contribution in [1.82, 2.24) is 4.98 Å². The first-order chi connectivity index (χ1) is 14.1. The minimum Gasteiger partial charge on any atom is -0.497 e. The fourth-order valence-electron chi connectivity index (χ4n) is 2.77. The van der Waals surface area contributed by atoms with Gasteiger partial charge in [0, 0.05) is 18.3 Å². The number of anilines is 1. The average Bonchev–Trinajstić information content (AvgIpc) is 2.75. The van der Waals surface area contributed by atoms with Crippen molar-refractivity contribution in [2.75, 3.05) is 12.4 Å². The van der Waals surface area contributed by atoms with Gasteiger partial charge in [-0.15, -0.1) is 0 Å². The molecule has 29 heavy (non-hydrogen) atoms. The van der Waals surface area contributed by atoms with Crippen LogP contribution in [-0.4, -0.2) is 18.0 Å². The van der Waals surface area contributed by atoms with Gasteiger partial charge in [-0.2, -0.15) is 5.26 Å². The van der Waals surface area contributed by atoms with Crippen LogP contribution in [0.2, 0.25) is 0 Å². The van der Waals surface area contributed by atoms with E-state index in [9.17, 15) is 4.79 Å². The van der Waals surface area contributed by atoms with Gasteiger partial charge in [-0.25, -0.2) is 4.98 Å². The molecule has 1 amide bonds. The number of methoxy groups -OCH3 is 1. The van der Waals surface area contributed by atoms with Gasteiger partial charge in [0.2, 0.25) is 11.8 Å². The molecule has 0 saturated carbocycles. The highest BCUT2D eigenvalue weighted by atomic mass is 16.5. The fourth-order valence-corrected chi connectivity index (χ4v) is 2.77. The zero-order valence-corrected chi connectivity index (χ0v) is 16.3. The number of amides is 1. The molecule has 3 rings (SSSR count). The fraction of sp³-hybridized carbons (Fsp3) is 0.174. The van der Waals surface area contributed by atoms with Gasteiger partial charge in [0.05, 0.1) is 7.11 Å². The van der Waals surface area contributed by atoms with Crippen molar-refractivity contribution in [3.8, 4) is 23.4 Å². The maximum absolute atomic E-state index is 12.3. The molecule has 1 N–H and O–H groups in total. The van der Waals surface area contributed by atoms with Gasteiger partial charge in [-0.05, 0) is 66.9 Å². The number of carbonyl (C=O) groups excluding carboxylic acids is 1. The minimum absolute atomic E-state index is 0.0610. The van der Waals surface area contributed by atoms with E-state index in [0.29, 0.717) is 24.2 Å². The third-order valence-electron chi connectivity index (χ3n) is 4.38. The lowest BCUT2D eigenvalue weighted by molar-refractivity contribution is -0.116. The van der Waals surface area contributed by atoms with Crippen LogP contribution in [0, 0.1) is 18.3 Å². The normalized spacial score (nSPS) is 10.1. The van der Waals surface area contributed by atoms with Crippen molar-refractivity contribution in [1.29, 1.82) is 5.26 Å². The summed E-state index contributed by atoms with van der Waals surface area (Å²) in [6, 6.07) is 18.4. The van der Waals surface area contributed by atoms with Crippen molar-refractivity contribution in [3.05, 3.63) is 77.5 Å². The summed E-state index contributed by atoms with van der Waals surface area (Å²) in [6.45, 7) is 1.88. The van der Waals surface area contributed by atoms with Gasteiger partial charge in [0.25, 0.3) is 0 Å². The molecule has 1 heterocycles. The molecule has 0 aliphatic rings. The first-order valence-corrected chi connectivity index (χ1v) is 9.15. The summed E-state index contributed by atoms with van der Waals surface area (Å²) in [5, 5.41) is 12.1. The predicted molar refractivity (Wildman–Crippen MR) is 110 cm³/mol. The number of pyridine rings is 1. The summed E-state index contributed by atoms with van der Waals surface area (Å²) < 4.78 is 10.8. The Kier molecular flexibility index (Phi) is 6.43. The number of nitrogens with one attached hydrogen (secondary N) is 1. The van der Waals surface area contributed by atoms with E-state index < -0.39 is 0 Å². The van der Waals surface area contributed by atoms with Gasteiger partial charge in [0.1, 0.15) is 23.1 Å². The van der Waals surface area contributed by atoms with E-state index in [1.54, 1.807) is 43.6 Å². The monoisotopic (exact) mass is 387 g/mol. The number of hydrogen-bond acceptors (Lipinski definition) is 5. The Morgan fingerprint density at radius 2 is 1.90 bits per heavy atom. The second kappa shape index (κ2) is 9.38. The van der Waals surface area contributed by atoms with E-state index in [1.807, 2.05) is 31.2 Å². The van der Waals surface area contributed by atoms with Crippen molar-refractivity contribution in [2.24, 2.45) is 0 Å². The number of ether oxygens (including phenoxy) is 2. The number of benzene rings is 2. The molecule has 6 nitrogen and oxygen atoms in total. The van der Waals surface area contributed by atoms with Gasteiger partial charge < -0.3 is 14.8 Å². The zero-order valence-electron chi connectivity index (χ0n) is 16.3. The van der Waals surface area contributed by atoms with Crippen LogP contribution in [0.4, 0.5) is 5.69 Å². The SMILES string of the molecule is COc1ccc(CCC(=O)Nc2ccc(Oc3ncccc3C#N)cc2C)cc1. The second-order valence-electron chi connectivity index (χ2n) is 6.44. The van der Waals surface area contributed by atoms with Crippen LogP contribution in [0.25, 0.3) is 0 Å². The summed E-state index contributed by atoms with van der Waals surface area (Å²) in [4.78, 5) is 16.4. The molecule has 0 spiro atoms. The summed E-state index contributed by atoms with van der Waals surface area (Å²) in [7, 11) is 1.62. The quantitative estimate of drug-likeness (QED) is 0.639. The van der Waals surface area contributed by atoms with Crippen LogP contribution in [0.15, 0.2) is 60.8 Å². The van der Waals surface area contributed by atoms with Gasteiger partial charge >= 0.3 is 0 Å². The molecule has 0 saturated heterocycles. The Balaban J connectivity index is 1.59.